The smallest absolute Gasteiger partial charge is 0.0761 e. The second-order valence-corrected chi connectivity index (χ2v) is 7.82. The van der Waals surface area contributed by atoms with E-state index in [2.05, 4.69) is 35.1 Å². The Kier molecular flexibility index (Phi) is 6.71. The molecule has 1 heterocycles. The highest BCUT2D eigenvalue weighted by Gasteiger charge is 2.22. The molecule has 3 rings (SSSR count). The fourth-order valence-corrected chi connectivity index (χ4v) is 3.99. The number of allylic oxidation sites excluding steroid dienone is 2. The summed E-state index contributed by atoms with van der Waals surface area (Å²) in [5.74, 6) is 0. The molecule has 25 heavy (non-hydrogen) atoms. The first-order valence-electron chi connectivity index (χ1n) is 9.31. The van der Waals surface area contributed by atoms with Crippen molar-refractivity contribution in [2.24, 2.45) is 0 Å². The van der Waals surface area contributed by atoms with Crippen molar-refractivity contribution in [2.75, 3.05) is 26.7 Å². The van der Waals surface area contributed by atoms with Crippen LogP contribution in [0.15, 0.2) is 48.1 Å². The fraction of sp³-hybridized carbons (Fsp3) is 0.524. The predicted octanol–water partition coefficient (Wildman–Crippen LogP) is 3.87. The molecule has 0 saturated carbocycles. The van der Waals surface area contributed by atoms with Crippen molar-refractivity contribution in [3.8, 4) is 0 Å². The third-order valence-corrected chi connectivity index (χ3v) is 5.58. The summed E-state index contributed by atoms with van der Waals surface area (Å²) in [6, 6.07) is 8.86. The van der Waals surface area contributed by atoms with Gasteiger partial charge >= 0.3 is 0 Å². The summed E-state index contributed by atoms with van der Waals surface area (Å²) < 4.78 is 0. The highest BCUT2D eigenvalue weighted by Crippen LogP contribution is 2.21. The van der Waals surface area contributed by atoms with Crippen molar-refractivity contribution < 1.29 is 5.11 Å². The highest BCUT2D eigenvalue weighted by molar-refractivity contribution is 6.30. The molecule has 0 radical (unpaired) electrons. The maximum absolute atomic E-state index is 9.88. The molecule has 136 valence electrons. The van der Waals surface area contributed by atoms with E-state index in [-0.39, 0.29) is 6.10 Å². The molecule has 2 aliphatic rings. The van der Waals surface area contributed by atoms with Gasteiger partial charge in [-0.25, -0.2) is 0 Å². The van der Waals surface area contributed by atoms with E-state index in [9.17, 15) is 5.11 Å². The molecule has 1 N–H and O–H groups in total. The van der Waals surface area contributed by atoms with E-state index in [4.69, 9.17) is 11.6 Å². The lowest BCUT2D eigenvalue weighted by molar-refractivity contribution is 0.205. The van der Waals surface area contributed by atoms with Crippen molar-refractivity contribution in [3.63, 3.8) is 0 Å². The van der Waals surface area contributed by atoms with Crippen LogP contribution in [0.4, 0.5) is 0 Å². The first kappa shape index (κ1) is 18.7. The standard InChI is InChI=1S/C21H29ClN2O/c1-23-12-3-5-20(23)11-13-24(15-17-7-9-19(22)10-8-17)16-18-4-2-6-21(25)14-18/h2,4,6-10,20-21,25H,3,5,11-16H2,1H3/t20-,21?/m0/s1. The Labute approximate surface area is 156 Å². The molecule has 1 aliphatic carbocycles. The zero-order chi connectivity index (χ0) is 17.6. The average molecular weight is 361 g/mol. The zero-order valence-electron chi connectivity index (χ0n) is 15.1. The molecule has 0 spiro atoms. The molecule has 1 aromatic carbocycles. The molecule has 0 aromatic heterocycles. The number of aliphatic hydroxyl groups excluding tert-OH is 1. The molecular formula is C21H29ClN2O. The normalized spacial score (nSPS) is 24.1. The van der Waals surface area contributed by atoms with Crippen LogP contribution in [-0.2, 0) is 6.54 Å². The van der Waals surface area contributed by atoms with Gasteiger partial charge in [0.1, 0.15) is 0 Å². The third kappa shape index (κ3) is 5.68. The third-order valence-electron chi connectivity index (χ3n) is 5.33. The Bertz CT molecular complexity index is 611. The van der Waals surface area contributed by atoms with E-state index in [1.165, 1.54) is 36.9 Å². The topological polar surface area (TPSA) is 26.7 Å². The number of benzene rings is 1. The Morgan fingerprint density at radius 1 is 1.24 bits per heavy atom. The van der Waals surface area contributed by atoms with Gasteiger partial charge in [-0.1, -0.05) is 47.5 Å². The van der Waals surface area contributed by atoms with Crippen LogP contribution in [0, 0.1) is 0 Å². The van der Waals surface area contributed by atoms with Crippen LogP contribution >= 0.6 is 11.6 Å². The monoisotopic (exact) mass is 360 g/mol. The lowest BCUT2D eigenvalue weighted by Gasteiger charge is -2.28. The van der Waals surface area contributed by atoms with Crippen molar-refractivity contribution in [2.45, 2.75) is 44.4 Å². The summed E-state index contributed by atoms with van der Waals surface area (Å²) >= 11 is 6.02. The maximum atomic E-state index is 9.88. The summed E-state index contributed by atoms with van der Waals surface area (Å²) in [7, 11) is 2.24. The summed E-state index contributed by atoms with van der Waals surface area (Å²) in [4.78, 5) is 5.00. The van der Waals surface area contributed by atoms with Gasteiger partial charge in [0.2, 0.25) is 0 Å². The van der Waals surface area contributed by atoms with E-state index in [0.717, 1.165) is 31.1 Å². The molecule has 3 nitrogen and oxygen atoms in total. The van der Waals surface area contributed by atoms with Crippen LogP contribution in [0.25, 0.3) is 0 Å². The van der Waals surface area contributed by atoms with Gasteiger partial charge < -0.3 is 10.0 Å². The summed E-state index contributed by atoms with van der Waals surface area (Å²) in [5, 5.41) is 10.7. The van der Waals surface area contributed by atoms with Crippen molar-refractivity contribution in [1.82, 2.24) is 9.80 Å². The number of hydrogen-bond acceptors (Lipinski definition) is 3. The number of rotatable bonds is 7. The van der Waals surface area contributed by atoms with Gasteiger partial charge in [0.25, 0.3) is 0 Å². The minimum Gasteiger partial charge on any atom is -0.389 e. The second kappa shape index (κ2) is 9.00. The number of aliphatic hydroxyl groups is 1. The van der Waals surface area contributed by atoms with Gasteiger partial charge in [0.15, 0.2) is 0 Å². The van der Waals surface area contributed by atoms with Gasteiger partial charge in [0, 0.05) is 30.7 Å². The highest BCUT2D eigenvalue weighted by atomic mass is 35.5. The van der Waals surface area contributed by atoms with Gasteiger partial charge in [-0.2, -0.15) is 0 Å². The summed E-state index contributed by atoms with van der Waals surface area (Å²) in [5.41, 5.74) is 2.60. The van der Waals surface area contributed by atoms with Crippen LogP contribution in [0.2, 0.25) is 5.02 Å². The van der Waals surface area contributed by atoms with Crippen LogP contribution < -0.4 is 0 Å². The van der Waals surface area contributed by atoms with Crippen LogP contribution in [0.3, 0.4) is 0 Å². The Hall–Kier alpha value is -1.13. The van der Waals surface area contributed by atoms with Crippen molar-refractivity contribution in [3.05, 3.63) is 58.7 Å². The van der Waals surface area contributed by atoms with E-state index in [1.54, 1.807) is 0 Å². The van der Waals surface area contributed by atoms with Crippen LogP contribution in [-0.4, -0.2) is 53.7 Å². The molecular weight excluding hydrogens is 332 g/mol. The van der Waals surface area contributed by atoms with E-state index >= 15 is 0 Å². The number of hydrogen-bond donors (Lipinski definition) is 1. The lowest BCUT2D eigenvalue weighted by Crippen LogP contribution is -2.33. The second-order valence-electron chi connectivity index (χ2n) is 7.38. The zero-order valence-corrected chi connectivity index (χ0v) is 15.8. The molecule has 1 fully saturated rings. The van der Waals surface area contributed by atoms with E-state index in [0.29, 0.717) is 6.04 Å². The molecule has 1 aromatic rings. The number of nitrogens with zero attached hydrogens (tertiary/aromatic N) is 2. The maximum Gasteiger partial charge on any atom is 0.0761 e. The first-order valence-corrected chi connectivity index (χ1v) is 9.69. The average Bonchev–Trinajstić information content (AvgIpc) is 3.00. The molecule has 4 heteroatoms. The molecule has 2 atom stereocenters. The quantitative estimate of drug-likeness (QED) is 0.799. The first-order chi connectivity index (χ1) is 12.1. The minimum absolute atomic E-state index is 0.335. The largest absolute Gasteiger partial charge is 0.389 e. The van der Waals surface area contributed by atoms with Crippen molar-refractivity contribution in [1.29, 1.82) is 0 Å². The fourth-order valence-electron chi connectivity index (χ4n) is 3.87. The Balaban J connectivity index is 1.63. The van der Waals surface area contributed by atoms with Gasteiger partial charge in [-0.15, -0.1) is 0 Å². The summed E-state index contributed by atoms with van der Waals surface area (Å²) in [6.07, 6.45) is 10.2. The predicted molar refractivity (Wildman–Crippen MR) is 105 cm³/mol. The van der Waals surface area contributed by atoms with Crippen molar-refractivity contribution >= 4 is 11.6 Å². The van der Waals surface area contributed by atoms with Crippen LogP contribution in [0.1, 0.15) is 31.2 Å². The minimum atomic E-state index is -0.335. The molecule has 1 unspecified atom stereocenters. The molecule has 1 aliphatic heterocycles. The Morgan fingerprint density at radius 2 is 2.04 bits per heavy atom. The Morgan fingerprint density at radius 3 is 2.72 bits per heavy atom. The van der Waals surface area contributed by atoms with Gasteiger partial charge in [0.05, 0.1) is 6.10 Å². The van der Waals surface area contributed by atoms with Crippen LogP contribution in [0.5, 0.6) is 0 Å². The van der Waals surface area contributed by atoms with Gasteiger partial charge in [-0.05, 0) is 57.0 Å². The molecule has 0 bridgehead atoms. The molecule has 0 amide bonds. The number of halogens is 1. The van der Waals surface area contributed by atoms with E-state index in [1.807, 2.05) is 24.3 Å². The molecule has 1 saturated heterocycles. The van der Waals surface area contributed by atoms with E-state index < -0.39 is 0 Å². The number of likely N-dealkylation sites (tertiary alicyclic amines) is 1. The SMILES string of the molecule is CN1CCC[C@H]1CCN(CC1=CC=CC(O)C1)Cc1ccc(Cl)cc1. The summed E-state index contributed by atoms with van der Waals surface area (Å²) in [6.45, 7) is 4.14. The van der Waals surface area contributed by atoms with Gasteiger partial charge in [-0.3, -0.25) is 4.90 Å². The lowest BCUT2D eigenvalue weighted by atomic mass is 10.0.